The molecular weight excluding hydrogens is 276 g/mol. The first-order chi connectivity index (χ1) is 9.79. The van der Waals surface area contributed by atoms with Crippen molar-refractivity contribution in [3.63, 3.8) is 0 Å². The molecule has 20 heavy (non-hydrogen) atoms. The summed E-state index contributed by atoms with van der Waals surface area (Å²) >= 11 is 6.22. The highest BCUT2D eigenvalue weighted by atomic mass is 35.5. The zero-order valence-corrected chi connectivity index (χ0v) is 12.1. The zero-order chi connectivity index (χ0) is 14.2. The predicted octanol–water partition coefficient (Wildman–Crippen LogP) is 3.26. The van der Waals surface area contributed by atoms with E-state index < -0.39 is 0 Å². The van der Waals surface area contributed by atoms with Gasteiger partial charge in [0.15, 0.2) is 0 Å². The van der Waals surface area contributed by atoms with Gasteiger partial charge in [-0.1, -0.05) is 17.7 Å². The largest absolute Gasteiger partial charge is 0.454 e. The number of pyridine rings is 1. The van der Waals surface area contributed by atoms with Crippen molar-refractivity contribution >= 4 is 11.6 Å². The van der Waals surface area contributed by atoms with Crippen LogP contribution >= 0.6 is 11.6 Å². The van der Waals surface area contributed by atoms with Crippen molar-refractivity contribution in [2.24, 2.45) is 0 Å². The van der Waals surface area contributed by atoms with E-state index in [-0.39, 0.29) is 0 Å². The quantitative estimate of drug-likeness (QED) is 0.796. The number of ether oxygens (including phenoxy) is 2. The van der Waals surface area contributed by atoms with Crippen molar-refractivity contribution in [2.75, 3.05) is 20.3 Å². The fraction of sp³-hybridized carbons (Fsp3) is 0.267. The van der Waals surface area contributed by atoms with Crippen LogP contribution in [0, 0.1) is 0 Å². The second kappa shape index (κ2) is 7.85. The third-order valence-electron chi connectivity index (χ3n) is 2.67. The van der Waals surface area contributed by atoms with Gasteiger partial charge >= 0.3 is 0 Å². The summed E-state index contributed by atoms with van der Waals surface area (Å²) in [5, 5.41) is 3.85. The molecule has 0 bridgehead atoms. The van der Waals surface area contributed by atoms with E-state index in [9.17, 15) is 0 Å². The van der Waals surface area contributed by atoms with Gasteiger partial charge in [0, 0.05) is 26.4 Å². The highest BCUT2D eigenvalue weighted by molar-refractivity contribution is 6.32. The van der Waals surface area contributed by atoms with Gasteiger partial charge in [-0.3, -0.25) is 4.98 Å². The first-order valence-electron chi connectivity index (χ1n) is 6.35. The monoisotopic (exact) mass is 292 g/mol. The summed E-state index contributed by atoms with van der Waals surface area (Å²) in [5.74, 6) is 1.29. The Morgan fingerprint density at radius 2 is 2.20 bits per heavy atom. The van der Waals surface area contributed by atoms with Crippen molar-refractivity contribution in [1.82, 2.24) is 10.3 Å². The van der Waals surface area contributed by atoms with Gasteiger partial charge in [0.05, 0.1) is 17.8 Å². The molecule has 0 aliphatic rings. The number of rotatable bonds is 7. The Morgan fingerprint density at radius 3 is 2.90 bits per heavy atom. The molecule has 0 amide bonds. The smallest absolute Gasteiger partial charge is 0.146 e. The maximum atomic E-state index is 6.22. The third-order valence-corrected chi connectivity index (χ3v) is 2.97. The van der Waals surface area contributed by atoms with Crippen LogP contribution in [-0.4, -0.2) is 25.2 Å². The SMILES string of the molecule is COCCNCc1ccc(Oc2cccnc2)c(Cl)c1. The first kappa shape index (κ1) is 14.8. The molecule has 0 saturated carbocycles. The third kappa shape index (κ3) is 4.49. The zero-order valence-electron chi connectivity index (χ0n) is 11.3. The van der Waals surface area contributed by atoms with Crippen LogP contribution in [0.25, 0.3) is 0 Å². The summed E-state index contributed by atoms with van der Waals surface area (Å²) in [5.41, 5.74) is 1.10. The molecule has 1 heterocycles. The van der Waals surface area contributed by atoms with Gasteiger partial charge < -0.3 is 14.8 Å². The molecular formula is C15H17ClN2O2. The van der Waals surface area contributed by atoms with Crippen molar-refractivity contribution in [1.29, 1.82) is 0 Å². The Kier molecular flexibility index (Phi) is 5.80. The summed E-state index contributed by atoms with van der Waals surface area (Å²) in [6.07, 6.45) is 3.35. The van der Waals surface area contributed by atoms with Crippen LogP contribution in [0.15, 0.2) is 42.7 Å². The summed E-state index contributed by atoms with van der Waals surface area (Å²) in [6.45, 7) is 2.24. The van der Waals surface area contributed by atoms with E-state index in [1.54, 1.807) is 19.5 Å². The number of hydrogen-bond acceptors (Lipinski definition) is 4. The number of nitrogens with one attached hydrogen (secondary N) is 1. The molecule has 0 fully saturated rings. The number of benzene rings is 1. The molecule has 2 aromatic rings. The normalized spacial score (nSPS) is 10.5. The van der Waals surface area contributed by atoms with Crippen LogP contribution in [0.1, 0.15) is 5.56 Å². The molecule has 4 nitrogen and oxygen atoms in total. The minimum absolute atomic E-state index is 0.583. The van der Waals surface area contributed by atoms with Crippen molar-refractivity contribution < 1.29 is 9.47 Å². The van der Waals surface area contributed by atoms with Gasteiger partial charge in [0.2, 0.25) is 0 Å². The lowest BCUT2D eigenvalue weighted by Crippen LogP contribution is -2.18. The summed E-state index contributed by atoms with van der Waals surface area (Å²) < 4.78 is 10.6. The number of methoxy groups -OCH3 is 1. The molecule has 106 valence electrons. The Labute approximate surface area is 123 Å². The Hall–Kier alpha value is -1.62. The minimum atomic E-state index is 0.583. The highest BCUT2D eigenvalue weighted by Gasteiger charge is 2.04. The molecule has 1 N–H and O–H groups in total. The molecule has 0 spiro atoms. The van der Waals surface area contributed by atoms with Crippen LogP contribution in [0.4, 0.5) is 0 Å². The molecule has 0 saturated heterocycles. The fourth-order valence-electron chi connectivity index (χ4n) is 1.68. The van der Waals surface area contributed by atoms with Crippen molar-refractivity contribution in [3.8, 4) is 11.5 Å². The summed E-state index contributed by atoms with van der Waals surface area (Å²) in [6, 6.07) is 9.40. The van der Waals surface area contributed by atoms with E-state index in [4.69, 9.17) is 21.1 Å². The molecule has 2 rings (SSSR count). The van der Waals surface area contributed by atoms with E-state index in [0.717, 1.165) is 18.7 Å². The van der Waals surface area contributed by atoms with E-state index in [1.165, 1.54) is 0 Å². The second-order valence-electron chi connectivity index (χ2n) is 4.23. The minimum Gasteiger partial charge on any atom is -0.454 e. The maximum Gasteiger partial charge on any atom is 0.146 e. The van der Waals surface area contributed by atoms with Crippen LogP contribution in [0.5, 0.6) is 11.5 Å². The topological polar surface area (TPSA) is 43.4 Å². The number of nitrogens with zero attached hydrogens (tertiary/aromatic N) is 1. The van der Waals surface area contributed by atoms with Crippen molar-refractivity contribution in [2.45, 2.75) is 6.54 Å². The highest BCUT2D eigenvalue weighted by Crippen LogP contribution is 2.29. The molecule has 5 heteroatoms. The van der Waals surface area contributed by atoms with Crippen LogP contribution < -0.4 is 10.1 Å². The average Bonchev–Trinajstić information content (AvgIpc) is 2.47. The van der Waals surface area contributed by atoms with Crippen LogP contribution in [0.2, 0.25) is 5.02 Å². The lowest BCUT2D eigenvalue weighted by atomic mass is 10.2. The van der Waals surface area contributed by atoms with E-state index in [2.05, 4.69) is 10.3 Å². The molecule has 1 aromatic heterocycles. The summed E-state index contributed by atoms with van der Waals surface area (Å²) in [4.78, 5) is 4.00. The number of aromatic nitrogens is 1. The molecule has 0 atom stereocenters. The van der Waals surface area contributed by atoms with E-state index >= 15 is 0 Å². The Morgan fingerprint density at radius 1 is 1.30 bits per heavy atom. The predicted molar refractivity (Wildman–Crippen MR) is 79.3 cm³/mol. The second-order valence-corrected chi connectivity index (χ2v) is 4.63. The Bertz CT molecular complexity index is 535. The summed E-state index contributed by atoms with van der Waals surface area (Å²) in [7, 11) is 1.68. The average molecular weight is 293 g/mol. The van der Waals surface area contributed by atoms with Crippen molar-refractivity contribution in [3.05, 3.63) is 53.3 Å². The van der Waals surface area contributed by atoms with Gasteiger partial charge in [0.1, 0.15) is 11.5 Å². The van der Waals surface area contributed by atoms with Gasteiger partial charge in [-0.15, -0.1) is 0 Å². The van der Waals surface area contributed by atoms with E-state index in [1.807, 2.05) is 30.3 Å². The van der Waals surface area contributed by atoms with Gasteiger partial charge in [-0.25, -0.2) is 0 Å². The van der Waals surface area contributed by atoms with Crippen LogP contribution in [-0.2, 0) is 11.3 Å². The fourth-order valence-corrected chi connectivity index (χ4v) is 1.92. The first-order valence-corrected chi connectivity index (χ1v) is 6.73. The standard InChI is InChI=1S/C15H17ClN2O2/c1-19-8-7-18-10-12-4-5-15(14(16)9-12)20-13-3-2-6-17-11-13/h2-6,9,11,18H,7-8,10H2,1H3. The van der Waals surface area contributed by atoms with Crippen LogP contribution in [0.3, 0.4) is 0 Å². The molecule has 0 radical (unpaired) electrons. The Balaban J connectivity index is 1.95. The number of halogens is 1. The van der Waals surface area contributed by atoms with E-state index in [0.29, 0.717) is 23.1 Å². The van der Waals surface area contributed by atoms with Gasteiger partial charge in [-0.2, -0.15) is 0 Å². The molecule has 0 aliphatic heterocycles. The van der Waals surface area contributed by atoms with Gasteiger partial charge in [0.25, 0.3) is 0 Å². The van der Waals surface area contributed by atoms with Gasteiger partial charge in [-0.05, 0) is 29.8 Å². The molecule has 0 aliphatic carbocycles. The number of hydrogen-bond donors (Lipinski definition) is 1. The lowest BCUT2D eigenvalue weighted by Gasteiger charge is -2.09. The molecule has 0 unspecified atom stereocenters. The molecule has 1 aromatic carbocycles. The lowest BCUT2D eigenvalue weighted by molar-refractivity contribution is 0.199. The maximum absolute atomic E-state index is 6.22.